The van der Waals surface area contributed by atoms with Crippen LogP contribution in [0.5, 0.6) is 0 Å². The lowest BCUT2D eigenvalue weighted by molar-refractivity contribution is 0.141. The van der Waals surface area contributed by atoms with Crippen molar-refractivity contribution in [3.63, 3.8) is 0 Å². The SMILES string of the molecule is CCNC(=NCC(C)(C)c1cccs1)NCC1CCCN1CCOC.I. The van der Waals surface area contributed by atoms with Crippen molar-refractivity contribution in [3.05, 3.63) is 22.4 Å². The molecule has 1 unspecified atom stereocenters. The summed E-state index contributed by atoms with van der Waals surface area (Å²) in [6, 6.07) is 4.89. The summed E-state index contributed by atoms with van der Waals surface area (Å²) < 4.78 is 5.23. The summed E-state index contributed by atoms with van der Waals surface area (Å²) in [6.45, 7) is 12.2. The van der Waals surface area contributed by atoms with Crippen molar-refractivity contribution in [3.8, 4) is 0 Å². The van der Waals surface area contributed by atoms with Gasteiger partial charge >= 0.3 is 0 Å². The Bertz CT molecular complexity index is 522. The molecule has 0 bridgehead atoms. The van der Waals surface area contributed by atoms with Crippen molar-refractivity contribution in [1.82, 2.24) is 15.5 Å². The Balaban J connectivity index is 0.00000338. The lowest BCUT2D eigenvalue weighted by Crippen LogP contribution is -2.46. The van der Waals surface area contributed by atoms with Crippen molar-refractivity contribution >= 4 is 41.3 Å². The zero-order chi connectivity index (χ0) is 18.1. The highest BCUT2D eigenvalue weighted by Crippen LogP contribution is 2.27. The molecular weight excluding hydrogens is 459 g/mol. The van der Waals surface area contributed by atoms with Gasteiger partial charge in [-0.25, -0.2) is 0 Å². The minimum atomic E-state index is 0. The summed E-state index contributed by atoms with van der Waals surface area (Å²) in [5, 5.41) is 9.07. The number of nitrogens with one attached hydrogen (secondary N) is 2. The third kappa shape index (κ3) is 7.32. The molecule has 0 saturated carbocycles. The smallest absolute Gasteiger partial charge is 0.191 e. The molecular formula is C19H35IN4OS. The topological polar surface area (TPSA) is 48.9 Å². The van der Waals surface area contributed by atoms with Crippen LogP contribution in [-0.4, -0.2) is 63.3 Å². The zero-order valence-electron chi connectivity index (χ0n) is 16.6. The molecule has 0 radical (unpaired) electrons. The van der Waals surface area contributed by atoms with Crippen molar-refractivity contribution < 1.29 is 4.74 Å². The van der Waals surface area contributed by atoms with Crippen LogP contribution in [0.2, 0.25) is 0 Å². The van der Waals surface area contributed by atoms with Gasteiger partial charge in [-0.05, 0) is 37.8 Å². The number of thiophene rings is 1. The summed E-state index contributed by atoms with van der Waals surface area (Å²) >= 11 is 1.81. The van der Waals surface area contributed by atoms with Crippen LogP contribution in [-0.2, 0) is 10.2 Å². The molecule has 1 aromatic heterocycles. The van der Waals surface area contributed by atoms with Gasteiger partial charge in [-0.15, -0.1) is 35.3 Å². The first-order valence-corrected chi connectivity index (χ1v) is 10.2. The maximum absolute atomic E-state index is 5.23. The average molecular weight is 494 g/mol. The highest BCUT2D eigenvalue weighted by molar-refractivity contribution is 14.0. The van der Waals surface area contributed by atoms with Crippen molar-refractivity contribution in [2.24, 2.45) is 4.99 Å². The molecule has 26 heavy (non-hydrogen) atoms. The second-order valence-corrected chi connectivity index (χ2v) is 8.21. The predicted octanol–water partition coefficient (Wildman–Crippen LogP) is 3.31. The first-order chi connectivity index (χ1) is 12.1. The van der Waals surface area contributed by atoms with E-state index in [1.807, 2.05) is 11.3 Å². The summed E-state index contributed by atoms with van der Waals surface area (Å²) in [5.74, 6) is 0.922. The first kappa shape index (κ1) is 23.7. The molecule has 1 fully saturated rings. The van der Waals surface area contributed by atoms with Gasteiger partial charge in [-0.2, -0.15) is 0 Å². The van der Waals surface area contributed by atoms with E-state index in [-0.39, 0.29) is 29.4 Å². The standard InChI is InChI=1S/C19H34N4OS.HI/c1-5-20-18(22-15-19(2,3)17-9-7-13-25-17)21-14-16-8-6-10-23(16)11-12-24-4;/h7,9,13,16H,5-6,8,10-12,14-15H2,1-4H3,(H2,20,21,22);1H. The Labute approximate surface area is 180 Å². The number of ether oxygens (including phenoxy) is 1. The second kappa shape index (κ2) is 12.2. The van der Waals surface area contributed by atoms with Gasteiger partial charge in [0.15, 0.2) is 5.96 Å². The van der Waals surface area contributed by atoms with E-state index in [4.69, 9.17) is 9.73 Å². The molecule has 0 aromatic carbocycles. The third-order valence-corrected chi connectivity index (χ3v) is 5.99. The Hall–Kier alpha value is -0.380. The van der Waals surface area contributed by atoms with Crippen LogP contribution in [0.1, 0.15) is 38.5 Å². The molecule has 2 heterocycles. The maximum Gasteiger partial charge on any atom is 0.191 e. The summed E-state index contributed by atoms with van der Waals surface area (Å²) in [7, 11) is 1.77. The number of hydrogen-bond donors (Lipinski definition) is 2. The molecule has 2 rings (SSSR count). The molecule has 0 spiro atoms. The molecule has 1 aromatic rings. The van der Waals surface area contributed by atoms with Gasteiger partial charge in [0.2, 0.25) is 0 Å². The zero-order valence-corrected chi connectivity index (χ0v) is 19.7. The fraction of sp³-hybridized carbons (Fsp3) is 0.737. The molecule has 1 aliphatic heterocycles. The van der Waals surface area contributed by atoms with Crippen molar-refractivity contribution in [2.45, 2.75) is 45.1 Å². The average Bonchev–Trinajstić information content (AvgIpc) is 3.27. The van der Waals surface area contributed by atoms with E-state index >= 15 is 0 Å². The third-order valence-electron chi connectivity index (χ3n) is 4.75. The number of nitrogens with zero attached hydrogens (tertiary/aromatic N) is 2. The Kier molecular flexibility index (Phi) is 11.1. The Morgan fingerprint density at radius 3 is 2.88 bits per heavy atom. The monoisotopic (exact) mass is 494 g/mol. The van der Waals surface area contributed by atoms with Gasteiger partial charge in [0, 0.05) is 43.1 Å². The molecule has 1 atom stereocenters. The second-order valence-electron chi connectivity index (χ2n) is 7.26. The fourth-order valence-corrected chi connectivity index (χ4v) is 4.05. The number of hydrogen-bond acceptors (Lipinski definition) is 4. The van der Waals surface area contributed by atoms with Crippen LogP contribution in [0, 0.1) is 0 Å². The minimum Gasteiger partial charge on any atom is -0.383 e. The highest BCUT2D eigenvalue weighted by Gasteiger charge is 2.24. The highest BCUT2D eigenvalue weighted by atomic mass is 127. The van der Waals surface area contributed by atoms with Crippen LogP contribution in [0.4, 0.5) is 0 Å². The predicted molar refractivity (Wildman–Crippen MR) is 123 cm³/mol. The number of rotatable bonds is 9. The molecule has 0 aliphatic carbocycles. The first-order valence-electron chi connectivity index (χ1n) is 9.36. The molecule has 2 N–H and O–H groups in total. The van der Waals surface area contributed by atoms with Crippen LogP contribution in [0.3, 0.4) is 0 Å². The normalized spacial score (nSPS) is 18.6. The van der Waals surface area contributed by atoms with E-state index in [9.17, 15) is 0 Å². The molecule has 150 valence electrons. The lowest BCUT2D eigenvalue weighted by atomic mass is 9.92. The van der Waals surface area contributed by atoms with E-state index in [1.54, 1.807) is 7.11 Å². The molecule has 7 heteroatoms. The lowest BCUT2D eigenvalue weighted by Gasteiger charge is -2.26. The van der Waals surface area contributed by atoms with Gasteiger partial charge in [-0.3, -0.25) is 9.89 Å². The van der Waals surface area contributed by atoms with Gasteiger partial charge in [0.1, 0.15) is 0 Å². The van der Waals surface area contributed by atoms with Gasteiger partial charge in [-0.1, -0.05) is 19.9 Å². The summed E-state index contributed by atoms with van der Waals surface area (Å²) in [6.07, 6.45) is 2.52. The number of aliphatic imine (C=N–C) groups is 1. The van der Waals surface area contributed by atoms with Crippen LogP contribution in [0.25, 0.3) is 0 Å². The largest absolute Gasteiger partial charge is 0.383 e. The summed E-state index contributed by atoms with van der Waals surface area (Å²) in [4.78, 5) is 8.75. The van der Waals surface area contributed by atoms with E-state index in [0.717, 1.165) is 38.7 Å². The van der Waals surface area contributed by atoms with Gasteiger partial charge in [0.05, 0.1) is 13.2 Å². The quantitative estimate of drug-likeness (QED) is 0.314. The number of halogens is 1. The van der Waals surface area contributed by atoms with Crippen molar-refractivity contribution in [2.75, 3.05) is 46.4 Å². The van der Waals surface area contributed by atoms with E-state index in [2.05, 4.69) is 53.8 Å². The van der Waals surface area contributed by atoms with Crippen LogP contribution < -0.4 is 10.6 Å². The van der Waals surface area contributed by atoms with Crippen molar-refractivity contribution in [1.29, 1.82) is 0 Å². The van der Waals surface area contributed by atoms with E-state index < -0.39 is 0 Å². The number of guanidine groups is 1. The van der Waals surface area contributed by atoms with E-state index in [0.29, 0.717) is 6.04 Å². The minimum absolute atomic E-state index is 0. The molecule has 1 aliphatic rings. The number of methoxy groups -OCH3 is 1. The van der Waals surface area contributed by atoms with Gasteiger partial charge < -0.3 is 15.4 Å². The maximum atomic E-state index is 5.23. The molecule has 1 saturated heterocycles. The summed E-state index contributed by atoms with van der Waals surface area (Å²) in [5.41, 5.74) is 0.0639. The van der Waals surface area contributed by atoms with Gasteiger partial charge in [0.25, 0.3) is 0 Å². The Morgan fingerprint density at radius 1 is 1.42 bits per heavy atom. The number of likely N-dealkylation sites (tertiary alicyclic amines) is 1. The molecule has 5 nitrogen and oxygen atoms in total. The fourth-order valence-electron chi connectivity index (χ4n) is 3.20. The van der Waals surface area contributed by atoms with Crippen LogP contribution in [0.15, 0.2) is 22.5 Å². The Morgan fingerprint density at radius 2 is 2.23 bits per heavy atom. The van der Waals surface area contributed by atoms with Crippen LogP contribution >= 0.6 is 35.3 Å². The van der Waals surface area contributed by atoms with E-state index in [1.165, 1.54) is 24.3 Å². The molecule has 0 amide bonds.